The number of ether oxygens (including phenoxy) is 1. The molecule has 0 aromatic rings. The molecule has 3 N–H and O–H groups in total. The molecule has 1 amide bonds. The van der Waals surface area contributed by atoms with E-state index in [0.29, 0.717) is 12.8 Å². The quantitative estimate of drug-likeness (QED) is 0.410. The minimum absolute atomic E-state index is 0.126. The van der Waals surface area contributed by atoms with Gasteiger partial charge in [-0.05, 0) is 25.0 Å². The number of carbonyl (C=O) groups excluding carboxylic acids is 2. The summed E-state index contributed by atoms with van der Waals surface area (Å²) < 4.78 is 5.04. The van der Waals surface area contributed by atoms with Crippen molar-refractivity contribution >= 4 is 34.9 Å². The SMILES string of the molecule is CO/C(=N\N=C\SC)C(=O)C(NC(=O)C1(N)CCCCC1)C(C)C. The van der Waals surface area contributed by atoms with Crippen molar-refractivity contribution in [1.82, 2.24) is 5.32 Å². The van der Waals surface area contributed by atoms with Gasteiger partial charge in [-0.25, -0.2) is 0 Å². The first-order valence-corrected chi connectivity index (χ1v) is 9.45. The summed E-state index contributed by atoms with van der Waals surface area (Å²) in [6.45, 7) is 3.71. The number of hydrogen-bond donors (Lipinski definition) is 2. The second-order valence-electron chi connectivity index (χ2n) is 6.34. The first-order chi connectivity index (χ1) is 11.4. The Hall–Kier alpha value is -1.41. The normalized spacial score (nSPS) is 19.3. The van der Waals surface area contributed by atoms with E-state index in [9.17, 15) is 9.59 Å². The molecule has 0 heterocycles. The fourth-order valence-corrected chi connectivity index (χ4v) is 2.82. The van der Waals surface area contributed by atoms with Crippen LogP contribution in [-0.2, 0) is 14.3 Å². The lowest BCUT2D eigenvalue weighted by atomic mass is 9.81. The van der Waals surface area contributed by atoms with Crippen LogP contribution in [0.2, 0.25) is 0 Å². The molecule has 24 heavy (non-hydrogen) atoms. The van der Waals surface area contributed by atoms with Gasteiger partial charge in [-0.1, -0.05) is 33.1 Å². The molecular formula is C16H28N4O3S. The Morgan fingerprint density at radius 2 is 1.92 bits per heavy atom. The Labute approximate surface area is 147 Å². The summed E-state index contributed by atoms with van der Waals surface area (Å²) in [6, 6.07) is -0.747. The van der Waals surface area contributed by atoms with Gasteiger partial charge in [-0.2, -0.15) is 0 Å². The van der Waals surface area contributed by atoms with Crippen LogP contribution in [0, 0.1) is 5.92 Å². The zero-order valence-electron chi connectivity index (χ0n) is 14.9. The van der Waals surface area contributed by atoms with Crippen LogP contribution in [0.5, 0.6) is 0 Å². The zero-order valence-corrected chi connectivity index (χ0v) is 15.7. The van der Waals surface area contributed by atoms with Gasteiger partial charge < -0.3 is 15.8 Å². The molecule has 1 saturated carbocycles. The molecule has 0 spiro atoms. The molecule has 0 radical (unpaired) electrons. The number of nitrogens with zero attached hydrogens (tertiary/aromatic N) is 2. The summed E-state index contributed by atoms with van der Waals surface area (Å²) in [5.41, 5.74) is 6.84. The number of nitrogens with two attached hydrogens (primary N) is 1. The van der Waals surface area contributed by atoms with Crippen LogP contribution < -0.4 is 11.1 Å². The first kappa shape index (κ1) is 20.6. The second-order valence-corrected chi connectivity index (χ2v) is 7.02. The molecule has 0 aliphatic heterocycles. The summed E-state index contributed by atoms with van der Waals surface area (Å²) in [5, 5.41) is 10.3. The van der Waals surface area contributed by atoms with Crippen LogP contribution >= 0.6 is 11.8 Å². The van der Waals surface area contributed by atoms with Gasteiger partial charge in [0.25, 0.3) is 5.90 Å². The lowest BCUT2D eigenvalue weighted by Gasteiger charge is -2.34. The molecule has 1 aliphatic rings. The van der Waals surface area contributed by atoms with E-state index >= 15 is 0 Å². The fourth-order valence-electron chi connectivity index (χ4n) is 2.68. The predicted octanol–water partition coefficient (Wildman–Crippen LogP) is 1.71. The van der Waals surface area contributed by atoms with Crippen molar-refractivity contribution in [3.8, 4) is 0 Å². The Kier molecular flexibility index (Phi) is 8.41. The van der Waals surface area contributed by atoms with Crippen molar-refractivity contribution in [1.29, 1.82) is 0 Å². The highest BCUT2D eigenvalue weighted by atomic mass is 32.2. The van der Waals surface area contributed by atoms with Crippen LogP contribution in [-0.4, -0.2) is 48.1 Å². The molecule has 1 fully saturated rings. The Balaban J connectivity index is 2.89. The average molecular weight is 356 g/mol. The number of ketones is 1. The van der Waals surface area contributed by atoms with Crippen molar-refractivity contribution < 1.29 is 14.3 Å². The highest BCUT2D eigenvalue weighted by molar-refractivity contribution is 8.11. The number of carbonyl (C=O) groups is 2. The fraction of sp³-hybridized carbons (Fsp3) is 0.750. The summed E-state index contributed by atoms with van der Waals surface area (Å²) in [6.07, 6.45) is 6.06. The van der Waals surface area contributed by atoms with Crippen molar-refractivity contribution in [2.75, 3.05) is 13.4 Å². The summed E-state index contributed by atoms with van der Waals surface area (Å²) in [4.78, 5) is 25.2. The maximum Gasteiger partial charge on any atom is 0.279 e. The Morgan fingerprint density at radius 3 is 2.42 bits per heavy atom. The molecule has 7 nitrogen and oxygen atoms in total. The number of Topliss-reactive ketones (excluding diaryl/α,β-unsaturated/α-hetero) is 1. The number of rotatable bonds is 7. The summed E-state index contributed by atoms with van der Waals surface area (Å²) in [7, 11) is 1.36. The van der Waals surface area contributed by atoms with Gasteiger partial charge in [0.05, 0.1) is 24.2 Å². The molecule has 0 aromatic heterocycles. The van der Waals surface area contributed by atoms with E-state index < -0.39 is 17.4 Å². The average Bonchev–Trinajstić information content (AvgIpc) is 2.56. The Bertz CT molecular complexity index is 500. The zero-order chi connectivity index (χ0) is 18.2. The number of amides is 1. The molecule has 1 rings (SSSR count). The van der Waals surface area contributed by atoms with Crippen molar-refractivity contribution in [2.24, 2.45) is 21.9 Å². The van der Waals surface area contributed by atoms with Gasteiger partial charge in [0, 0.05) is 0 Å². The summed E-state index contributed by atoms with van der Waals surface area (Å²) >= 11 is 1.36. The standard InChI is InChI=1S/C16H28N4O3S/c1-11(2)12(13(21)14(23-3)20-18-10-24-4)19-15(22)16(17)8-6-5-7-9-16/h10-12H,5-9,17H2,1-4H3,(H,19,22)/b18-10+,20-14-. The number of methoxy groups -OCH3 is 1. The Morgan fingerprint density at radius 1 is 1.29 bits per heavy atom. The van der Waals surface area contributed by atoms with E-state index in [1.54, 1.807) is 0 Å². The smallest absolute Gasteiger partial charge is 0.279 e. The monoisotopic (exact) mass is 356 g/mol. The van der Waals surface area contributed by atoms with Gasteiger partial charge in [-0.15, -0.1) is 22.0 Å². The van der Waals surface area contributed by atoms with E-state index in [-0.39, 0.29) is 17.7 Å². The maximum absolute atomic E-state index is 12.6. The molecule has 1 atom stereocenters. The number of thioether (sulfide) groups is 1. The van der Waals surface area contributed by atoms with Crippen LogP contribution in [0.4, 0.5) is 0 Å². The molecule has 0 aromatic carbocycles. The maximum atomic E-state index is 12.6. The highest BCUT2D eigenvalue weighted by Gasteiger charge is 2.38. The summed E-state index contributed by atoms with van der Waals surface area (Å²) in [5.74, 6) is -0.941. The molecule has 1 unspecified atom stereocenters. The lowest BCUT2D eigenvalue weighted by molar-refractivity contribution is -0.131. The third kappa shape index (κ3) is 5.59. The van der Waals surface area contributed by atoms with E-state index in [1.807, 2.05) is 20.1 Å². The molecular weight excluding hydrogens is 328 g/mol. The lowest BCUT2D eigenvalue weighted by Crippen LogP contribution is -2.59. The van der Waals surface area contributed by atoms with E-state index in [4.69, 9.17) is 10.5 Å². The largest absolute Gasteiger partial charge is 0.477 e. The highest BCUT2D eigenvalue weighted by Crippen LogP contribution is 2.26. The van der Waals surface area contributed by atoms with Crippen LogP contribution in [0.3, 0.4) is 0 Å². The van der Waals surface area contributed by atoms with E-state index in [2.05, 4.69) is 15.5 Å². The minimum atomic E-state index is -0.896. The number of nitrogens with one attached hydrogen (secondary N) is 1. The van der Waals surface area contributed by atoms with Crippen molar-refractivity contribution in [3.05, 3.63) is 0 Å². The number of hydrogen-bond acceptors (Lipinski definition) is 7. The van der Waals surface area contributed by atoms with Gasteiger partial charge in [0.1, 0.15) is 0 Å². The molecule has 8 heteroatoms. The molecule has 0 saturated heterocycles. The van der Waals surface area contributed by atoms with Gasteiger partial charge >= 0.3 is 0 Å². The molecule has 136 valence electrons. The minimum Gasteiger partial charge on any atom is -0.477 e. The second kappa shape index (κ2) is 9.78. The third-order valence-electron chi connectivity index (χ3n) is 4.14. The van der Waals surface area contributed by atoms with E-state index in [0.717, 1.165) is 19.3 Å². The van der Waals surface area contributed by atoms with E-state index in [1.165, 1.54) is 24.4 Å². The van der Waals surface area contributed by atoms with Crippen LogP contribution in [0.15, 0.2) is 10.2 Å². The third-order valence-corrected chi connectivity index (χ3v) is 4.44. The van der Waals surface area contributed by atoms with Crippen LogP contribution in [0.1, 0.15) is 46.0 Å². The van der Waals surface area contributed by atoms with Gasteiger partial charge in [0.15, 0.2) is 0 Å². The van der Waals surface area contributed by atoms with Crippen molar-refractivity contribution in [2.45, 2.75) is 57.5 Å². The first-order valence-electron chi connectivity index (χ1n) is 8.16. The molecule has 0 bridgehead atoms. The van der Waals surface area contributed by atoms with Crippen LogP contribution in [0.25, 0.3) is 0 Å². The van der Waals surface area contributed by atoms with Gasteiger partial charge in [-0.3, -0.25) is 9.59 Å². The topological polar surface area (TPSA) is 106 Å². The van der Waals surface area contributed by atoms with Gasteiger partial charge in [0.2, 0.25) is 11.7 Å². The van der Waals surface area contributed by atoms with Crippen molar-refractivity contribution in [3.63, 3.8) is 0 Å². The predicted molar refractivity (Wildman–Crippen MR) is 98.2 cm³/mol. The molecule has 1 aliphatic carbocycles.